The molecule has 4 rings (SSSR count). The van der Waals surface area contributed by atoms with Crippen LogP contribution in [-0.2, 0) is 11.2 Å². The predicted molar refractivity (Wildman–Crippen MR) is 104 cm³/mol. The van der Waals surface area contributed by atoms with Gasteiger partial charge in [-0.2, -0.15) is 0 Å². The summed E-state index contributed by atoms with van der Waals surface area (Å²) in [6.45, 7) is 0.567. The molecule has 0 radical (unpaired) electrons. The smallest absolute Gasteiger partial charge is 0.349 e. The number of carbonyl (C=O) groups is 1. The molecule has 2 unspecified atom stereocenters. The maximum atomic E-state index is 11.7. The minimum Gasteiger partial charge on any atom is -0.493 e. The molecule has 142 valence electrons. The Morgan fingerprint density at radius 3 is 2.18 bits per heavy atom. The molecule has 5 nitrogen and oxygen atoms in total. The van der Waals surface area contributed by atoms with Crippen molar-refractivity contribution in [2.24, 2.45) is 0 Å². The standard InChI is InChI=1S/C23H20O5/c24-23(25)22-21(27-19-8-4-5-9-20(19)28-22)17-10-12-18(13-11-17)26-15-14-16-6-2-1-3-7-16/h1-13,21-22H,14-15H2,(H,24,25). The molecule has 5 heteroatoms. The summed E-state index contributed by atoms with van der Waals surface area (Å²) in [6, 6.07) is 24.5. The summed E-state index contributed by atoms with van der Waals surface area (Å²) < 4.78 is 17.4. The van der Waals surface area contributed by atoms with Gasteiger partial charge in [-0.05, 0) is 35.4 Å². The third-order valence-corrected chi connectivity index (χ3v) is 4.59. The molecule has 1 N–H and O–H groups in total. The van der Waals surface area contributed by atoms with Gasteiger partial charge in [0.05, 0.1) is 6.61 Å². The average molecular weight is 376 g/mol. The number of hydrogen-bond donors (Lipinski definition) is 1. The van der Waals surface area contributed by atoms with Crippen molar-refractivity contribution in [2.45, 2.75) is 18.6 Å². The second-order valence-corrected chi connectivity index (χ2v) is 6.51. The van der Waals surface area contributed by atoms with E-state index in [1.165, 1.54) is 5.56 Å². The molecule has 0 aliphatic carbocycles. The van der Waals surface area contributed by atoms with Gasteiger partial charge in [0.15, 0.2) is 17.6 Å². The number of carboxylic acid groups (broad SMARTS) is 1. The Labute approximate surface area is 163 Å². The largest absolute Gasteiger partial charge is 0.493 e. The van der Waals surface area contributed by atoms with Crippen molar-refractivity contribution in [3.63, 3.8) is 0 Å². The van der Waals surface area contributed by atoms with Crippen LogP contribution in [0.1, 0.15) is 17.2 Å². The minimum absolute atomic E-state index is 0.437. The molecule has 28 heavy (non-hydrogen) atoms. The molecular weight excluding hydrogens is 356 g/mol. The highest BCUT2D eigenvalue weighted by molar-refractivity contribution is 5.75. The van der Waals surface area contributed by atoms with Gasteiger partial charge < -0.3 is 19.3 Å². The lowest BCUT2D eigenvalue weighted by Gasteiger charge is -2.31. The number of benzene rings is 3. The second kappa shape index (κ2) is 8.05. The fraction of sp³-hybridized carbons (Fsp3) is 0.174. The zero-order chi connectivity index (χ0) is 19.3. The SMILES string of the molecule is O=C(O)C1Oc2ccccc2OC1c1ccc(OCCc2ccccc2)cc1. The van der Waals surface area contributed by atoms with E-state index in [0.717, 1.165) is 17.7 Å². The predicted octanol–water partition coefficient (Wildman–Crippen LogP) is 4.27. The Kier molecular flexibility index (Phi) is 5.15. The highest BCUT2D eigenvalue weighted by Gasteiger charge is 2.38. The fourth-order valence-electron chi connectivity index (χ4n) is 3.15. The van der Waals surface area contributed by atoms with Crippen molar-refractivity contribution in [1.29, 1.82) is 0 Å². The monoisotopic (exact) mass is 376 g/mol. The molecule has 1 aliphatic rings. The first-order valence-electron chi connectivity index (χ1n) is 9.12. The number of aliphatic carboxylic acids is 1. The van der Waals surface area contributed by atoms with Crippen LogP contribution >= 0.6 is 0 Å². The number of ether oxygens (including phenoxy) is 3. The lowest BCUT2D eigenvalue weighted by atomic mass is 10.0. The van der Waals surface area contributed by atoms with E-state index < -0.39 is 18.2 Å². The van der Waals surface area contributed by atoms with Crippen LogP contribution in [0.15, 0.2) is 78.9 Å². The summed E-state index contributed by atoms with van der Waals surface area (Å²) in [5.74, 6) is 0.631. The molecule has 0 aromatic heterocycles. The summed E-state index contributed by atoms with van der Waals surface area (Å²) in [5, 5.41) is 9.54. The van der Waals surface area contributed by atoms with Gasteiger partial charge in [-0.3, -0.25) is 0 Å². The van der Waals surface area contributed by atoms with E-state index in [4.69, 9.17) is 14.2 Å². The second-order valence-electron chi connectivity index (χ2n) is 6.51. The van der Waals surface area contributed by atoms with E-state index in [1.807, 2.05) is 48.5 Å². The Balaban J connectivity index is 1.44. The number of rotatable bonds is 6. The summed E-state index contributed by atoms with van der Waals surface area (Å²) >= 11 is 0. The zero-order valence-electron chi connectivity index (χ0n) is 15.2. The number of fused-ring (bicyclic) bond motifs is 1. The van der Waals surface area contributed by atoms with Crippen LogP contribution in [0.3, 0.4) is 0 Å². The first kappa shape index (κ1) is 17.9. The molecule has 0 spiro atoms. The van der Waals surface area contributed by atoms with E-state index in [2.05, 4.69) is 12.1 Å². The van der Waals surface area contributed by atoms with E-state index in [1.54, 1.807) is 18.2 Å². The van der Waals surface area contributed by atoms with E-state index in [9.17, 15) is 9.90 Å². The molecule has 1 aliphatic heterocycles. The molecule has 0 saturated heterocycles. The molecule has 2 atom stereocenters. The van der Waals surface area contributed by atoms with Crippen molar-refractivity contribution >= 4 is 5.97 Å². The normalized spacial score (nSPS) is 17.7. The first-order chi connectivity index (χ1) is 13.7. The molecular formula is C23H20O5. The lowest BCUT2D eigenvalue weighted by molar-refractivity contribution is -0.151. The minimum atomic E-state index is -1.11. The molecule has 1 heterocycles. The Morgan fingerprint density at radius 1 is 0.857 bits per heavy atom. The van der Waals surface area contributed by atoms with E-state index in [0.29, 0.717) is 18.1 Å². The average Bonchev–Trinajstić information content (AvgIpc) is 2.74. The van der Waals surface area contributed by atoms with Crippen molar-refractivity contribution in [3.8, 4) is 17.2 Å². The molecule has 0 fully saturated rings. The van der Waals surface area contributed by atoms with Crippen LogP contribution in [0.25, 0.3) is 0 Å². The third-order valence-electron chi connectivity index (χ3n) is 4.59. The van der Waals surface area contributed by atoms with Gasteiger partial charge in [0, 0.05) is 6.42 Å². The highest BCUT2D eigenvalue weighted by Crippen LogP contribution is 2.39. The number of carboxylic acids is 1. The first-order valence-corrected chi connectivity index (χ1v) is 9.12. The van der Waals surface area contributed by atoms with Crippen LogP contribution in [0.5, 0.6) is 17.2 Å². The van der Waals surface area contributed by atoms with Crippen molar-refractivity contribution in [2.75, 3.05) is 6.61 Å². The molecule has 3 aromatic rings. The molecule has 3 aromatic carbocycles. The van der Waals surface area contributed by atoms with Gasteiger partial charge in [-0.1, -0.05) is 54.6 Å². The molecule has 0 saturated carbocycles. The van der Waals surface area contributed by atoms with Gasteiger partial charge in [-0.25, -0.2) is 4.79 Å². The summed E-state index contributed by atoms with van der Waals surface area (Å²) in [5.41, 5.74) is 1.94. The van der Waals surface area contributed by atoms with Crippen LogP contribution < -0.4 is 14.2 Å². The van der Waals surface area contributed by atoms with Crippen molar-refractivity contribution in [1.82, 2.24) is 0 Å². The van der Waals surface area contributed by atoms with Crippen LogP contribution in [0.4, 0.5) is 0 Å². The van der Waals surface area contributed by atoms with Crippen LogP contribution in [0, 0.1) is 0 Å². The van der Waals surface area contributed by atoms with Crippen LogP contribution in [0.2, 0.25) is 0 Å². The fourth-order valence-corrected chi connectivity index (χ4v) is 3.15. The lowest BCUT2D eigenvalue weighted by Crippen LogP contribution is -2.39. The van der Waals surface area contributed by atoms with Gasteiger partial charge in [-0.15, -0.1) is 0 Å². The third kappa shape index (κ3) is 3.93. The topological polar surface area (TPSA) is 65.0 Å². The Hall–Kier alpha value is -3.47. The zero-order valence-corrected chi connectivity index (χ0v) is 15.2. The summed E-state index contributed by atoms with van der Waals surface area (Å²) in [7, 11) is 0. The van der Waals surface area contributed by atoms with Gasteiger partial charge in [0.1, 0.15) is 5.75 Å². The van der Waals surface area contributed by atoms with Crippen LogP contribution in [-0.4, -0.2) is 23.8 Å². The van der Waals surface area contributed by atoms with Gasteiger partial charge >= 0.3 is 5.97 Å². The van der Waals surface area contributed by atoms with Gasteiger partial charge in [0.2, 0.25) is 6.10 Å². The Morgan fingerprint density at radius 2 is 1.50 bits per heavy atom. The molecule has 0 amide bonds. The maximum absolute atomic E-state index is 11.7. The van der Waals surface area contributed by atoms with Crippen molar-refractivity contribution in [3.05, 3.63) is 90.0 Å². The number of para-hydroxylation sites is 2. The molecule has 0 bridgehead atoms. The van der Waals surface area contributed by atoms with E-state index in [-0.39, 0.29) is 0 Å². The maximum Gasteiger partial charge on any atom is 0.349 e. The van der Waals surface area contributed by atoms with Crippen molar-refractivity contribution < 1.29 is 24.1 Å². The number of hydrogen-bond acceptors (Lipinski definition) is 4. The Bertz CT molecular complexity index is 937. The van der Waals surface area contributed by atoms with E-state index >= 15 is 0 Å². The van der Waals surface area contributed by atoms with Gasteiger partial charge in [0.25, 0.3) is 0 Å². The quantitative estimate of drug-likeness (QED) is 0.696. The highest BCUT2D eigenvalue weighted by atomic mass is 16.6. The summed E-state index contributed by atoms with van der Waals surface area (Å²) in [6.07, 6.45) is -1.02. The summed E-state index contributed by atoms with van der Waals surface area (Å²) in [4.78, 5) is 11.7.